The molecule has 0 saturated carbocycles. The minimum absolute atomic E-state index is 0.507. The van der Waals surface area contributed by atoms with Crippen LogP contribution in [0.25, 0.3) is 0 Å². The van der Waals surface area contributed by atoms with Gasteiger partial charge in [0, 0.05) is 6.07 Å². The molecule has 0 heterocycles. The monoisotopic (exact) mass is 224 g/mol. The van der Waals surface area contributed by atoms with Gasteiger partial charge in [0.05, 0.1) is 0 Å². The number of halogens is 1. The number of phenols is 3. The van der Waals surface area contributed by atoms with Crippen molar-refractivity contribution in [3.8, 4) is 17.2 Å². The molecule has 0 radical (unpaired) electrons. The van der Waals surface area contributed by atoms with Crippen LogP contribution in [0.3, 0.4) is 0 Å². The summed E-state index contributed by atoms with van der Waals surface area (Å²) in [4.78, 5) is -0.696. The average molecular weight is 225 g/mol. The Balaban J connectivity index is 3.62. The second-order valence-electron chi connectivity index (χ2n) is 2.18. The van der Waals surface area contributed by atoms with Gasteiger partial charge in [-0.2, -0.15) is 0 Å². The Morgan fingerprint density at radius 2 is 1.69 bits per heavy atom. The molecule has 0 aliphatic rings. The Kier molecular flexibility index (Phi) is 2.53. The van der Waals surface area contributed by atoms with Gasteiger partial charge in [-0.3, -0.25) is 0 Å². The van der Waals surface area contributed by atoms with Crippen molar-refractivity contribution in [2.75, 3.05) is 0 Å². The van der Waals surface area contributed by atoms with Gasteiger partial charge >= 0.3 is 0 Å². The highest BCUT2D eigenvalue weighted by atomic mass is 35.5. The molecule has 0 bridgehead atoms. The third kappa shape index (κ3) is 1.63. The van der Waals surface area contributed by atoms with Crippen LogP contribution in [-0.2, 0) is 10.7 Å². The van der Waals surface area contributed by atoms with E-state index in [-0.39, 0.29) is 0 Å². The molecule has 0 unspecified atom stereocenters. The fourth-order valence-corrected chi connectivity index (χ4v) is 1.54. The van der Waals surface area contributed by atoms with Crippen LogP contribution in [0.2, 0.25) is 5.02 Å². The lowest BCUT2D eigenvalue weighted by Gasteiger charge is -2.04. The summed E-state index contributed by atoms with van der Waals surface area (Å²) in [5, 5.41) is 26.5. The van der Waals surface area contributed by atoms with Crippen LogP contribution in [0.5, 0.6) is 17.2 Å². The van der Waals surface area contributed by atoms with Crippen molar-refractivity contribution in [1.82, 2.24) is 0 Å². The van der Waals surface area contributed by atoms with E-state index in [0.717, 1.165) is 6.07 Å². The quantitative estimate of drug-likeness (QED) is 0.519. The first-order chi connectivity index (χ1) is 5.95. The molecule has 1 aromatic carbocycles. The molecule has 7 heteroatoms. The second-order valence-corrected chi connectivity index (χ2v) is 3.52. The average Bonchev–Trinajstić information content (AvgIpc) is 1.99. The highest BCUT2D eigenvalue weighted by Crippen LogP contribution is 2.41. The van der Waals surface area contributed by atoms with Crippen LogP contribution in [0.1, 0.15) is 0 Å². The Labute approximate surface area is 79.8 Å². The molecule has 0 atom stereocenters. The summed E-state index contributed by atoms with van der Waals surface area (Å²) in [6, 6.07) is 0.739. The van der Waals surface area contributed by atoms with Crippen LogP contribution < -0.4 is 0 Å². The molecule has 72 valence electrons. The molecule has 13 heavy (non-hydrogen) atoms. The molecule has 1 rings (SSSR count). The SMILES string of the molecule is O=[SH](=O)c1c(O)cc(O)c(Cl)c1O. The Morgan fingerprint density at radius 3 is 2.15 bits per heavy atom. The highest BCUT2D eigenvalue weighted by Gasteiger charge is 2.17. The maximum atomic E-state index is 10.5. The van der Waals surface area contributed by atoms with E-state index in [1.54, 1.807) is 0 Å². The molecule has 0 amide bonds. The van der Waals surface area contributed by atoms with Crippen molar-refractivity contribution >= 4 is 22.3 Å². The summed E-state index contributed by atoms with van der Waals surface area (Å²) in [7, 11) is -3.16. The lowest BCUT2D eigenvalue weighted by atomic mass is 10.3. The fourth-order valence-electron chi connectivity index (χ4n) is 0.788. The Hall–Kier alpha value is -1.14. The molecule has 0 saturated heterocycles. The van der Waals surface area contributed by atoms with Gasteiger partial charge < -0.3 is 15.3 Å². The first-order valence-corrected chi connectivity index (χ1v) is 4.58. The van der Waals surface area contributed by atoms with Crippen molar-refractivity contribution in [3.63, 3.8) is 0 Å². The normalized spacial score (nSPS) is 10.6. The van der Waals surface area contributed by atoms with Crippen molar-refractivity contribution in [3.05, 3.63) is 11.1 Å². The molecular weight excluding hydrogens is 220 g/mol. The van der Waals surface area contributed by atoms with Gasteiger partial charge in [0.25, 0.3) is 0 Å². The number of thiol groups is 1. The first-order valence-electron chi connectivity index (χ1n) is 3.03. The number of hydrogen-bond donors (Lipinski definition) is 4. The van der Waals surface area contributed by atoms with E-state index in [0.29, 0.717) is 0 Å². The maximum Gasteiger partial charge on any atom is 0.175 e. The second kappa shape index (κ2) is 3.31. The fraction of sp³-hybridized carbons (Fsp3) is 0. The zero-order valence-electron chi connectivity index (χ0n) is 6.06. The van der Waals surface area contributed by atoms with E-state index in [1.165, 1.54) is 0 Å². The van der Waals surface area contributed by atoms with Crippen LogP contribution >= 0.6 is 11.6 Å². The number of benzene rings is 1. The zero-order valence-corrected chi connectivity index (χ0v) is 7.71. The minimum Gasteiger partial charge on any atom is -0.506 e. The van der Waals surface area contributed by atoms with Gasteiger partial charge in [0.15, 0.2) is 16.5 Å². The number of hydrogen-bond acceptors (Lipinski definition) is 5. The molecule has 1 aromatic rings. The predicted molar refractivity (Wildman–Crippen MR) is 45.0 cm³/mol. The van der Waals surface area contributed by atoms with Gasteiger partial charge in [0.2, 0.25) is 0 Å². The molecule has 0 fully saturated rings. The topological polar surface area (TPSA) is 94.8 Å². The molecule has 0 aliphatic heterocycles. The standard InChI is InChI=1S/C6H5ClO5S/c7-4-2(8)1-3(9)6(5(4)10)13(11)12/h1,8-10,13H. The molecule has 3 N–H and O–H groups in total. The smallest absolute Gasteiger partial charge is 0.175 e. The van der Waals surface area contributed by atoms with E-state index in [2.05, 4.69) is 0 Å². The summed E-state index contributed by atoms with van der Waals surface area (Å²) in [6.07, 6.45) is 0. The third-order valence-corrected chi connectivity index (χ3v) is 2.53. The Morgan fingerprint density at radius 1 is 1.15 bits per heavy atom. The summed E-state index contributed by atoms with van der Waals surface area (Å²) in [5.74, 6) is -2.18. The van der Waals surface area contributed by atoms with Gasteiger partial charge in [-0.15, -0.1) is 0 Å². The number of phenolic OH excluding ortho intramolecular Hbond substituents is 3. The van der Waals surface area contributed by atoms with Gasteiger partial charge in [0.1, 0.15) is 21.4 Å². The highest BCUT2D eigenvalue weighted by molar-refractivity contribution is 7.72. The van der Waals surface area contributed by atoms with E-state index in [9.17, 15) is 8.42 Å². The molecule has 0 aliphatic carbocycles. The van der Waals surface area contributed by atoms with Gasteiger partial charge in [-0.25, -0.2) is 8.42 Å². The van der Waals surface area contributed by atoms with E-state index in [1.807, 2.05) is 0 Å². The lowest BCUT2D eigenvalue weighted by molar-refractivity contribution is 0.408. The van der Waals surface area contributed by atoms with Crippen LogP contribution in [0.15, 0.2) is 11.0 Å². The Bertz CT molecular complexity index is 418. The molecule has 5 nitrogen and oxygen atoms in total. The lowest BCUT2D eigenvalue weighted by Crippen LogP contribution is -1.84. The van der Waals surface area contributed by atoms with Crippen LogP contribution in [0.4, 0.5) is 0 Å². The largest absolute Gasteiger partial charge is 0.506 e. The van der Waals surface area contributed by atoms with E-state index < -0.39 is 37.9 Å². The first kappa shape index (κ1) is 9.94. The maximum absolute atomic E-state index is 10.5. The molecule has 0 spiro atoms. The van der Waals surface area contributed by atoms with Crippen LogP contribution in [0, 0.1) is 0 Å². The molecular formula is C6H5ClO5S. The summed E-state index contributed by atoms with van der Waals surface area (Å²) in [6.45, 7) is 0. The summed E-state index contributed by atoms with van der Waals surface area (Å²) >= 11 is 5.32. The van der Waals surface area contributed by atoms with Crippen molar-refractivity contribution in [2.45, 2.75) is 4.90 Å². The van der Waals surface area contributed by atoms with E-state index in [4.69, 9.17) is 26.9 Å². The molecule has 0 aromatic heterocycles. The van der Waals surface area contributed by atoms with Gasteiger partial charge in [-0.05, 0) is 0 Å². The third-order valence-electron chi connectivity index (χ3n) is 1.36. The number of rotatable bonds is 1. The number of aromatic hydroxyl groups is 3. The minimum atomic E-state index is -3.16. The summed E-state index contributed by atoms with van der Waals surface area (Å²) < 4.78 is 21.0. The van der Waals surface area contributed by atoms with Gasteiger partial charge in [-0.1, -0.05) is 11.6 Å². The van der Waals surface area contributed by atoms with Crippen LogP contribution in [-0.4, -0.2) is 23.7 Å². The van der Waals surface area contributed by atoms with Crippen molar-refractivity contribution < 1.29 is 23.7 Å². The summed E-state index contributed by atoms with van der Waals surface area (Å²) in [5.41, 5.74) is 0. The van der Waals surface area contributed by atoms with E-state index >= 15 is 0 Å². The van der Waals surface area contributed by atoms with Crippen molar-refractivity contribution in [2.24, 2.45) is 0 Å². The van der Waals surface area contributed by atoms with Crippen molar-refractivity contribution in [1.29, 1.82) is 0 Å². The zero-order chi connectivity index (χ0) is 10.2. The predicted octanol–water partition coefficient (Wildman–Crippen LogP) is 0.427.